The number of hydrogen-bond acceptors (Lipinski definition) is 6. The third-order valence-electron chi connectivity index (χ3n) is 4.10. The average molecular weight is 345 g/mol. The molecule has 1 atom stereocenters. The Bertz CT molecular complexity index is 661. The van der Waals surface area contributed by atoms with Gasteiger partial charge in [-0.05, 0) is 30.2 Å². The molecule has 2 N–H and O–H groups in total. The summed E-state index contributed by atoms with van der Waals surface area (Å²) in [4.78, 5) is 23.6. The van der Waals surface area contributed by atoms with E-state index >= 15 is 0 Å². The highest BCUT2D eigenvalue weighted by Crippen LogP contribution is 2.22. The van der Waals surface area contributed by atoms with Crippen LogP contribution < -0.4 is 15.5 Å². The standard InChI is InChI=1S/C17H23N5OS/c1-13-4-2-8-22(11-13)16-10-15(20-12-21-16)18-6-7-19-17(23)14-5-3-9-24-14/h3,5,9-10,12-13H,2,4,6-8,11H2,1H3,(H,19,23)(H,18,20,21). The van der Waals surface area contributed by atoms with E-state index < -0.39 is 0 Å². The number of amides is 1. The van der Waals surface area contributed by atoms with E-state index in [2.05, 4.69) is 32.4 Å². The number of nitrogens with zero attached hydrogens (tertiary/aromatic N) is 3. The van der Waals surface area contributed by atoms with Crippen LogP contribution in [0.4, 0.5) is 11.6 Å². The second-order valence-electron chi connectivity index (χ2n) is 6.11. The third kappa shape index (κ3) is 4.44. The Morgan fingerprint density at radius 1 is 1.42 bits per heavy atom. The van der Waals surface area contributed by atoms with Crippen molar-refractivity contribution in [1.82, 2.24) is 15.3 Å². The zero-order chi connectivity index (χ0) is 16.8. The minimum atomic E-state index is -0.0301. The van der Waals surface area contributed by atoms with E-state index in [1.165, 1.54) is 24.2 Å². The number of thiophene rings is 1. The third-order valence-corrected chi connectivity index (χ3v) is 4.96. The van der Waals surface area contributed by atoms with E-state index in [0.717, 1.165) is 29.6 Å². The van der Waals surface area contributed by atoms with Crippen molar-refractivity contribution in [1.29, 1.82) is 0 Å². The van der Waals surface area contributed by atoms with Gasteiger partial charge in [0, 0.05) is 32.2 Å². The Morgan fingerprint density at radius 2 is 2.33 bits per heavy atom. The van der Waals surface area contributed by atoms with Crippen molar-refractivity contribution in [3.05, 3.63) is 34.8 Å². The normalized spacial score (nSPS) is 17.5. The second-order valence-corrected chi connectivity index (χ2v) is 7.06. The van der Waals surface area contributed by atoms with Crippen molar-refractivity contribution in [3.8, 4) is 0 Å². The summed E-state index contributed by atoms with van der Waals surface area (Å²) < 4.78 is 0. The van der Waals surface area contributed by atoms with E-state index in [9.17, 15) is 4.79 Å². The molecular formula is C17H23N5OS. The summed E-state index contributed by atoms with van der Waals surface area (Å²) in [5.41, 5.74) is 0. The number of nitrogens with one attached hydrogen (secondary N) is 2. The molecule has 1 aliphatic rings. The summed E-state index contributed by atoms with van der Waals surface area (Å²) in [7, 11) is 0. The molecule has 3 heterocycles. The molecule has 3 rings (SSSR count). The molecule has 0 spiro atoms. The number of piperidine rings is 1. The zero-order valence-corrected chi connectivity index (χ0v) is 14.7. The van der Waals surface area contributed by atoms with Gasteiger partial charge in [0.2, 0.25) is 0 Å². The molecule has 1 saturated heterocycles. The molecule has 24 heavy (non-hydrogen) atoms. The number of hydrogen-bond donors (Lipinski definition) is 2. The fraction of sp³-hybridized carbons (Fsp3) is 0.471. The summed E-state index contributed by atoms with van der Waals surface area (Å²) in [5.74, 6) is 2.44. The highest BCUT2D eigenvalue weighted by atomic mass is 32.1. The van der Waals surface area contributed by atoms with Gasteiger partial charge in [0.25, 0.3) is 5.91 Å². The minimum absolute atomic E-state index is 0.0301. The van der Waals surface area contributed by atoms with Crippen LogP contribution in [0.3, 0.4) is 0 Å². The van der Waals surface area contributed by atoms with Gasteiger partial charge in [-0.2, -0.15) is 0 Å². The molecule has 0 aliphatic carbocycles. The maximum absolute atomic E-state index is 11.8. The quantitative estimate of drug-likeness (QED) is 0.788. The molecule has 0 saturated carbocycles. The van der Waals surface area contributed by atoms with Crippen molar-refractivity contribution >= 4 is 28.9 Å². The molecule has 1 unspecified atom stereocenters. The largest absolute Gasteiger partial charge is 0.368 e. The van der Waals surface area contributed by atoms with Crippen LogP contribution in [0.15, 0.2) is 29.9 Å². The van der Waals surface area contributed by atoms with Crippen molar-refractivity contribution in [2.24, 2.45) is 5.92 Å². The number of carbonyl (C=O) groups is 1. The van der Waals surface area contributed by atoms with Crippen LogP contribution in [0.2, 0.25) is 0 Å². The molecule has 0 radical (unpaired) electrons. The van der Waals surface area contributed by atoms with E-state index in [0.29, 0.717) is 19.0 Å². The van der Waals surface area contributed by atoms with E-state index in [4.69, 9.17) is 0 Å². The maximum Gasteiger partial charge on any atom is 0.261 e. The van der Waals surface area contributed by atoms with Gasteiger partial charge < -0.3 is 15.5 Å². The van der Waals surface area contributed by atoms with Crippen molar-refractivity contribution in [2.45, 2.75) is 19.8 Å². The monoisotopic (exact) mass is 345 g/mol. The van der Waals surface area contributed by atoms with Crippen molar-refractivity contribution in [3.63, 3.8) is 0 Å². The Kier molecular flexibility index (Phi) is 5.63. The van der Waals surface area contributed by atoms with Crippen molar-refractivity contribution in [2.75, 3.05) is 36.4 Å². The summed E-state index contributed by atoms with van der Waals surface area (Å²) in [5, 5.41) is 8.04. The second kappa shape index (κ2) is 8.10. The predicted molar refractivity (Wildman–Crippen MR) is 97.8 cm³/mol. The van der Waals surface area contributed by atoms with Crippen LogP contribution >= 0.6 is 11.3 Å². The number of aromatic nitrogens is 2. The van der Waals surface area contributed by atoms with Crippen LogP contribution in [0, 0.1) is 5.92 Å². The number of carbonyl (C=O) groups excluding carboxylic acids is 1. The Hall–Kier alpha value is -2.15. The molecule has 1 aliphatic heterocycles. The Labute approximate surface area is 146 Å². The Balaban J connectivity index is 1.47. The molecule has 1 amide bonds. The van der Waals surface area contributed by atoms with Gasteiger partial charge in [-0.3, -0.25) is 4.79 Å². The molecule has 0 bridgehead atoms. The lowest BCUT2D eigenvalue weighted by Crippen LogP contribution is -2.34. The fourth-order valence-electron chi connectivity index (χ4n) is 2.88. The highest BCUT2D eigenvalue weighted by Gasteiger charge is 2.17. The molecule has 2 aromatic heterocycles. The summed E-state index contributed by atoms with van der Waals surface area (Å²) in [6.45, 7) is 5.56. The first-order valence-electron chi connectivity index (χ1n) is 8.35. The van der Waals surface area contributed by atoms with Crippen molar-refractivity contribution < 1.29 is 4.79 Å². The maximum atomic E-state index is 11.8. The first kappa shape index (κ1) is 16.7. The average Bonchev–Trinajstić information content (AvgIpc) is 3.13. The molecule has 7 heteroatoms. The van der Waals surface area contributed by atoms with Gasteiger partial charge in [0.15, 0.2) is 0 Å². The van der Waals surface area contributed by atoms with E-state index in [1.807, 2.05) is 23.6 Å². The Morgan fingerprint density at radius 3 is 3.12 bits per heavy atom. The number of rotatable bonds is 6. The zero-order valence-electron chi connectivity index (χ0n) is 13.9. The fourth-order valence-corrected chi connectivity index (χ4v) is 3.52. The molecule has 2 aromatic rings. The van der Waals surface area contributed by atoms with Gasteiger partial charge in [-0.1, -0.05) is 13.0 Å². The van der Waals surface area contributed by atoms with Crippen LogP contribution in [0.5, 0.6) is 0 Å². The van der Waals surface area contributed by atoms with E-state index in [-0.39, 0.29) is 5.91 Å². The summed E-state index contributed by atoms with van der Waals surface area (Å²) in [6.07, 6.45) is 4.10. The van der Waals surface area contributed by atoms with Crippen LogP contribution in [0.25, 0.3) is 0 Å². The van der Waals surface area contributed by atoms with Crippen LogP contribution in [-0.2, 0) is 0 Å². The van der Waals surface area contributed by atoms with Crippen LogP contribution in [0.1, 0.15) is 29.4 Å². The predicted octanol–water partition coefficient (Wildman–Crippen LogP) is 2.62. The minimum Gasteiger partial charge on any atom is -0.368 e. The smallest absolute Gasteiger partial charge is 0.261 e. The van der Waals surface area contributed by atoms with Gasteiger partial charge >= 0.3 is 0 Å². The molecule has 6 nitrogen and oxygen atoms in total. The lowest BCUT2D eigenvalue weighted by molar-refractivity contribution is 0.0959. The highest BCUT2D eigenvalue weighted by molar-refractivity contribution is 7.12. The first-order valence-corrected chi connectivity index (χ1v) is 9.23. The van der Waals surface area contributed by atoms with Gasteiger partial charge in [0.1, 0.15) is 18.0 Å². The van der Waals surface area contributed by atoms with Gasteiger partial charge in [0.05, 0.1) is 4.88 Å². The lowest BCUT2D eigenvalue weighted by Gasteiger charge is -2.31. The SMILES string of the molecule is CC1CCCN(c2cc(NCCNC(=O)c3cccs3)ncn2)C1. The van der Waals surface area contributed by atoms with E-state index in [1.54, 1.807) is 6.33 Å². The molecule has 1 fully saturated rings. The lowest BCUT2D eigenvalue weighted by atomic mass is 10.0. The molecular weight excluding hydrogens is 322 g/mol. The molecule has 0 aromatic carbocycles. The molecule has 128 valence electrons. The summed E-state index contributed by atoms with van der Waals surface area (Å²) >= 11 is 1.44. The number of anilines is 2. The topological polar surface area (TPSA) is 70.2 Å². The first-order chi connectivity index (χ1) is 11.7. The summed E-state index contributed by atoms with van der Waals surface area (Å²) in [6, 6.07) is 5.69. The van der Waals surface area contributed by atoms with Gasteiger partial charge in [-0.15, -0.1) is 11.3 Å². The van der Waals surface area contributed by atoms with Gasteiger partial charge in [-0.25, -0.2) is 9.97 Å². The van der Waals surface area contributed by atoms with Crippen LogP contribution in [-0.4, -0.2) is 42.1 Å².